The van der Waals surface area contributed by atoms with Gasteiger partial charge in [-0.15, -0.1) is 5.10 Å². The zero-order chi connectivity index (χ0) is 23.4. The Labute approximate surface area is 198 Å². The molecule has 0 amide bonds. The lowest BCUT2D eigenvalue weighted by Gasteiger charge is -2.12. The molecule has 0 unspecified atom stereocenters. The van der Waals surface area contributed by atoms with E-state index in [1.165, 1.54) is 5.56 Å². The largest absolute Gasteiger partial charge is 0.323 e. The van der Waals surface area contributed by atoms with E-state index in [0.29, 0.717) is 22.0 Å². The van der Waals surface area contributed by atoms with Crippen LogP contribution in [0.1, 0.15) is 25.3 Å². The number of nitrogens with one attached hydrogen (secondary N) is 2. The van der Waals surface area contributed by atoms with E-state index < -0.39 is 0 Å². The number of fused-ring (bicyclic) bond motifs is 2. The molecule has 0 spiro atoms. The number of halogens is 1. The first-order valence-electron chi connectivity index (χ1n) is 10.9. The molecule has 3 heterocycles. The minimum Gasteiger partial charge on any atom is -0.306 e. The van der Waals surface area contributed by atoms with E-state index in [9.17, 15) is 4.79 Å². The number of rotatable bonds is 4. The molecule has 0 fully saturated rings. The average molecular weight is 470 g/mol. The van der Waals surface area contributed by atoms with Crippen molar-refractivity contribution in [1.29, 1.82) is 0 Å². The van der Waals surface area contributed by atoms with Gasteiger partial charge in [0, 0.05) is 5.56 Å². The third-order valence-corrected chi connectivity index (χ3v) is 6.26. The fraction of sp³-hybridized carbons (Fsp3) is 0.120. The first-order valence-corrected chi connectivity index (χ1v) is 11.3. The third kappa shape index (κ3) is 3.31. The van der Waals surface area contributed by atoms with Crippen LogP contribution in [0.25, 0.3) is 44.7 Å². The van der Waals surface area contributed by atoms with Crippen LogP contribution in [0.3, 0.4) is 0 Å². The normalized spacial score (nSPS) is 11.8. The molecule has 168 valence electrons. The van der Waals surface area contributed by atoms with Gasteiger partial charge in [0.05, 0.1) is 44.8 Å². The minimum atomic E-state index is -0.254. The maximum absolute atomic E-state index is 11.7. The lowest BCUT2D eigenvalue weighted by atomic mass is 10.0. The Morgan fingerprint density at radius 3 is 2.59 bits per heavy atom. The van der Waals surface area contributed by atoms with Crippen LogP contribution >= 0.6 is 11.6 Å². The zero-order valence-corrected chi connectivity index (χ0v) is 19.2. The van der Waals surface area contributed by atoms with Gasteiger partial charge < -0.3 is 9.97 Å². The molecule has 6 aromatic rings. The van der Waals surface area contributed by atoms with Gasteiger partial charge >= 0.3 is 5.69 Å². The summed E-state index contributed by atoms with van der Waals surface area (Å²) in [6, 6.07) is 19.8. The molecule has 0 saturated heterocycles. The van der Waals surface area contributed by atoms with Crippen molar-refractivity contribution in [3.05, 3.63) is 87.9 Å². The van der Waals surface area contributed by atoms with E-state index in [0.717, 1.165) is 33.7 Å². The van der Waals surface area contributed by atoms with Gasteiger partial charge in [0.25, 0.3) is 0 Å². The van der Waals surface area contributed by atoms with Crippen molar-refractivity contribution in [3.8, 4) is 22.6 Å². The maximum Gasteiger partial charge on any atom is 0.323 e. The van der Waals surface area contributed by atoms with Crippen molar-refractivity contribution < 1.29 is 0 Å². The maximum atomic E-state index is 11.7. The van der Waals surface area contributed by atoms with Gasteiger partial charge in [-0.05, 0) is 60.0 Å². The smallest absolute Gasteiger partial charge is 0.306 e. The first kappa shape index (κ1) is 20.4. The number of hydrogen-bond acceptors (Lipinski definition) is 4. The van der Waals surface area contributed by atoms with Gasteiger partial charge in [0.15, 0.2) is 0 Å². The van der Waals surface area contributed by atoms with Crippen molar-refractivity contribution in [2.45, 2.75) is 19.8 Å². The highest BCUT2D eigenvalue weighted by Crippen LogP contribution is 2.32. The standard InChI is InChI=1S/C25H20ClN7O/c1-14(2)15-4-3-5-17(10-15)32-22(8-9-27-32)16-11-19(26)24-23(12-16)33(31-30-24)18-6-7-20-21(13-18)29-25(34)28-20/h3-14H,1-2H3,(H2,28,29,34). The van der Waals surface area contributed by atoms with Gasteiger partial charge in [-0.3, -0.25) is 0 Å². The van der Waals surface area contributed by atoms with Crippen LogP contribution in [-0.4, -0.2) is 34.7 Å². The summed E-state index contributed by atoms with van der Waals surface area (Å²) in [5.74, 6) is 0.414. The highest BCUT2D eigenvalue weighted by molar-refractivity contribution is 6.35. The predicted octanol–water partition coefficient (Wildman–Crippen LogP) is 5.22. The third-order valence-electron chi connectivity index (χ3n) is 5.97. The van der Waals surface area contributed by atoms with E-state index in [-0.39, 0.29) is 5.69 Å². The fourth-order valence-electron chi connectivity index (χ4n) is 4.22. The molecule has 3 aromatic heterocycles. The van der Waals surface area contributed by atoms with Gasteiger partial charge in [0.2, 0.25) is 0 Å². The summed E-state index contributed by atoms with van der Waals surface area (Å²) in [6.07, 6.45) is 1.78. The van der Waals surface area contributed by atoms with E-state index in [4.69, 9.17) is 11.6 Å². The molecule has 3 aromatic carbocycles. The number of nitrogens with zero attached hydrogens (tertiary/aromatic N) is 5. The summed E-state index contributed by atoms with van der Waals surface area (Å²) in [4.78, 5) is 17.2. The molecule has 6 rings (SSSR count). The lowest BCUT2D eigenvalue weighted by Crippen LogP contribution is -2.01. The molecule has 9 heteroatoms. The molecular formula is C25H20ClN7O. The van der Waals surface area contributed by atoms with Crippen molar-refractivity contribution in [1.82, 2.24) is 34.7 Å². The second-order valence-corrected chi connectivity index (χ2v) is 8.92. The summed E-state index contributed by atoms with van der Waals surface area (Å²) < 4.78 is 3.63. The number of benzene rings is 3. The van der Waals surface area contributed by atoms with Crippen LogP contribution in [0.15, 0.2) is 71.7 Å². The monoisotopic (exact) mass is 469 g/mol. The van der Waals surface area contributed by atoms with Crippen molar-refractivity contribution >= 4 is 33.7 Å². The predicted molar refractivity (Wildman–Crippen MR) is 133 cm³/mol. The highest BCUT2D eigenvalue weighted by atomic mass is 35.5. The van der Waals surface area contributed by atoms with Gasteiger partial charge in [0.1, 0.15) is 5.52 Å². The summed E-state index contributed by atoms with van der Waals surface area (Å²) in [5, 5.41) is 13.7. The van der Waals surface area contributed by atoms with Crippen LogP contribution in [0, 0.1) is 0 Å². The molecule has 0 aliphatic rings. The Kier molecular flexibility index (Phi) is 4.63. The highest BCUT2D eigenvalue weighted by Gasteiger charge is 2.16. The second-order valence-electron chi connectivity index (χ2n) is 8.51. The Hall–Kier alpha value is -4.17. The van der Waals surface area contributed by atoms with E-state index >= 15 is 0 Å². The molecule has 0 aliphatic heterocycles. The van der Waals surface area contributed by atoms with Crippen LogP contribution in [0.2, 0.25) is 5.02 Å². The first-order chi connectivity index (χ1) is 16.5. The van der Waals surface area contributed by atoms with Gasteiger partial charge in [-0.2, -0.15) is 5.10 Å². The fourth-order valence-corrected chi connectivity index (χ4v) is 4.47. The van der Waals surface area contributed by atoms with E-state index in [1.807, 2.05) is 53.2 Å². The Morgan fingerprint density at radius 1 is 0.912 bits per heavy atom. The zero-order valence-electron chi connectivity index (χ0n) is 18.5. The summed E-state index contributed by atoms with van der Waals surface area (Å²) in [5.41, 5.74) is 7.30. The minimum absolute atomic E-state index is 0.254. The molecule has 0 saturated carbocycles. The summed E-state index contributed by atoms with van der Waals surface area (Å²) in [6.45, 7) is 4.34. The Morgan fingerprint density at radius 2 is 1.74 bits per heavy atom. The van der Waals surface area contributed by atoms with Crippen molar-refractivity contribution in [3.63, 3.8) is 0 Å². The molecule has 0 radical (unpaired) electrons. The van der Waals surface area contributed by atoms with Crippen LogP contribution in [0.4, 0.5) is 0 Å². The number of H-pyrrole nitrogens is 2. The van der Waals surface area contributed by atoms with Crippen LogP contribution in [0.5, 0.6) is 0 Å². The summed E-state index contributed by atoms with van der Waals surface area (Å²) >= 11 is 6.65. The second kappa shape index (κ2) is 7.71. The van der Waals surface area contributed by atoms with Crippen LogP contribution < -0.4 is 5.69 Å². The van der Waals surface area contributed by atoms with E-state index in [2.05, 4.69) is 51.4 Å². The molecular weight excluding hydrogens is 450 g/mol. The van der Waals surface area contributed by atoms with Crippen molar-refractivity contribution in [2.75, 3.05) is 0 Å². The Balaban J connectivity index is 1.50. The van der Waals surface area contributed by atoms with Crippen molar-refractivity contribution in [2.24, 2.45) is 0 Å². The number of hydrogen-bond donors (Lipinski definition) is 2. The lowest BCUT2D eigenvalue weighted by molar-refractivity contribution is 0.824. The topological polar surface area (TPSA) is 97.2 Å². The van der Waals surface area contributed by atoms with Gasteiger partial charge in [-0.25, -0.2) is 14.2 Å². The summed E-state index contributed by atoms with van der Waals surface area (Å²) in [7, 11) is 0. The Bertz CT molecular complexity index is 1740. The average Bonchev–Trinajstić information content (AvgIpc) is 3.56. The molecule has 0 bridgehead atoms. The number of aromatic amines is 2. The molecule has 2 N–H and O–H groups in total. The molecule has 34 heavy (non-hydrogen) atoms. The number of aromatic nitrogens is 7. The van der Waals surface area contributed by atoms with Gasteiger partial charge in [-0.1, -0.05) is 42.8 Å². The SMILES string of the molecule is CC(C)c1cccc(-n2nccc2-c2cc(Cl)c3nnn(-c4ccc5[nH]c(=O)[nH]c5c4)c3c2)c1. The molecule has 0 atom stereocenters. The quantitative estimate of drug-likeness (QED) is 0.370. The van der Waals surface area contributed by atoms with Crippen LogP contribution in [-0.2, 0) is 0 Å². The molecule has 8 nitrogen and oxygen atoms in total. The van der Waals surface area contributed by atoms with E-state index in [1.54, 1.807) is 10.9 Å². The molecule has 0 aliphatic carbocycles. The number of imidazole rings is 1.